The van der Waals surface area contributed by atoms with Crippen LogP contribution in [-0.2, 0) is 6.54 Å². The SMILES string of the molecule is COc1ccc(CNc2nc(-c3ccc(C)cc3)no2)cc1. The van der Waals surface area contributed by atoms with Crippen molar-refractivity contribution >= 4 is 6.01 Å². The van der Waals surface area contributed by atoms with E-state index >= 15 is 0 Å². The van der Waals surface area contributed by atoms with E-state index in [2.05, 4.69) is 15.5 Å². The van der Waals surface area contributed by atoms with Gasteiger partial charge in [0.25, 0.3) is 0 Å². The summed E-state index contributed by atoms with van der Waals surface area (Å²) in [6.45, 7) is 2.65. The summed E-state index contributed by atoms with van der Waals surface area (Å²) in [4.78, 5) is 4.35. The Morgan fingerprint density at radius 3 is 2.45 bits per heavy atom. The molecule has 5 heteroatoms. The van der Waals surface area contributed by atoms with Crippen molar-refractivity contribution < 1.29 is 9.26 Å². The fourth-order valence-corrected chi connectivity index (χ4v) is 2.04. The Bertz CT molecular complexity index is 733. The normalized spacial score (nSPS) is 10.5. The van der Waals surface area contributed by atoms with Gasteiger partial charge in [-0.25, -0.2) is 0 Å². The number of methoxy groups -OCH3 is 1. The highest BCUT2D eigenvalue weighted by atomic mass is 16.5. The Hall–Kier alpha value is -2.82. The molecule has 0 aliphatic carbocycles. The fourth-order valence-electron chi connectivity index (χ4n) is 2.04. The van der Waals surface area contributed by atoms with Crippen molar-refractivity contribution in [2.24, 2.45) is 0 Å². The zero-order valence-electron chi connectivity index (χ0n) is 12.5. The molecule has 0 aliphatic heterocycles. The van der Waals surface area contributed by atoms with Gasteiger partial charge in [-0.05, 0) is 24.6 Å². The summed E-state index contributed by atoms with van der Waals surface area (Å²) >= 11 is 0. The van der Waals surface area contributed by atoms with Gasteiger partial charge < -0.3 is 14.6 Å². The molecule has 5 nitrogen and oxygen atoms in total. The predicted octanol–water partition coefficient (Wildman–Crippen LogP) is 3.67. The zero-order chi connectivity index (χ0) is 15.4. The molecule has 1 heterocycles. The summed E-state index contributed by atoms with van der Waals surface area (Å²) in [6.07, 6.45) is 0. The van der Waals surface area contributed by atoms with Gasteiger partial charge in [-0.15, -0.1) is 0 Å². The van der Waals surface area contributed by atoms with E-state index in [4.69, 9.17) is 9.26 Å². The molecule has 0 saturated carbocycles. The Morgan fingerprint density at radius 2 is 1.77 bits per heavy atom. The number of anilines is 1. The van der Waals surface area contributed by atoms with Crippen molar-refractivity contribution in [3.63, 3.8) is 0 Å². The minimum Gasteiger partial charge on any atom is -0.497 e. The third kappa shape index (κ3) is 3.25. The number of nitrogens with one attached hydrogen (secondary N) is 1. The maximum Gasteiger partial charge on any atom is 0.322 e. The van der Waals surface area contributed by atoms with Gasteiger partial charge in [0.05, 0.1) is 7.11 Å². The van der Waals surface area contributed by atoms with Gasteiger partial charge in [0.15, 0.2) is 0 Å². The first-order valence-electron chi connectivity index (χ1n) is 7.02. The Balaban J connectivity index is 1.65. The molecule has 112 valence electrons. The van der Waals surface area contributed by atoms with Crippen molar-refractivity contribution in [3.8, 4) is 17.1 Å². The number of hydrogen-bond donors (Lipinski definition) is 1. The topological polar surface area (TPSA) is 60.2 Å². The molecule has 0 radical (unpaired) electrons. The van der Waals surface area contributed by atoms with Crippen LogP contribution < -0.4 is 10.1 Å². The average molecular weight is 295 g/mol. The number of nitrogens with zero attached hydrogens (tertiary/aromatic N) is 2. The number of aryl methyl sites for hydroxylation is 1. The molecule has 0 spiro atoms. The van der Waals surface area contributed by atoms with E-state index in [0.29, 0.717) is 18.4 Å². The molecule has 2 aromatic carbocycles. The number of aromatic nitrogens is 2. The van der Waals surface area contributed by atoms with Crippen LogP contribution in [0.1, 0.15) is 11.1 Å². The third-order valence-electron chi connectivity index (χ3n) is 3.34. The lowest BCUT2D eigenvalue weighted by Crippen LogP contribution is -1.99. The highest BCUT2D eigenvalue weighted by molar-refractivity contribution is 5.55. The standard InChI is InChI=1S/C17H17N3O2/c1-12-3-7-14(8-4-12)16-19-17(22-20-16)18-11-13-5-9-15(21-2)10-6-13/h3-10H,11H2,1-2H3,(H,18,19,20). The van der Waals surface area contributed by atoms with E-state index in [1.807, 2.05) is 55.5 Å². The lowest BCUT2D eigenvalue weighted by molar-refractivity contribution is 0.414. The summed E-state index contributed by atoms with van der Waals surface area (Å²) in [6, 6.07) is 16.2. The van der Waals surface area contributed by atoms with Crippen LogP contribution in [0.15, 0.2) is 53.1 Å². The average Bonchev–Trinajstić information content (AvgIpc) is 3.03. The van der Waals surface area contributed by atoms with E-state index in [9.17, 15) is 0 Å². The Labute approximate surface area is 128 Å². The Morgan fingerprint density at radius 1 is 1.05 bits per heavy atom. The molecule has 0 amide bonds. The van der Waals surface area contributed by atoms with Crippen LogP contribution in [0.3, 0.4) is 0 Å². The highest BCUT2D eigenvalue weighted by Crippen LogP contribution is 2.19. The van der Waals surface area contributed by atoms with Gasteiger partial charge in [-0.1, -0.05) is 47.1 Å². The molecular formula is C17H17N3O2. The zero-order valence-corrected chi connectivity index (χ0v) is 12.5. The van der Waals surface area contributed by atoms with Gasteiger partial charge in [0.2, 0.25) is 5.82 Å². The van der Waals surface area contributed by atoms with E-state index in [1.54, 1.807) is 7.11 Å². The third-order valence-corrected chi connectivity index (χ3v) is 3.34. The summed E-state index contributed by atoms with van der Waals surface area (Å²) in [5, 5.41) is 7.11. The molecule has 0 fully saturated rings. The van der Waals surface area contributed by atoms with Crippen LogP contribution in [0.5, 0.6) is 5.75 Å². The van der Waals surface area contributed by atoms with Gasteiger partial charge >= 0.3 is 6.01 Å². The van der Waals surface area contributed by atoms with Crippen LogP contribution >= 0.6 is 0 Å². The number of rotatable bonds is 5. The van der Waals surface area contributed by atoms with E-state index < -0.39 is 0 Å². The monoisotopic (exact) mass is 295 g/mol. The second kappa shape index (κ2) is 6.30. The minimum atomic E-state index is 0.409. The van der Waals surface area contributed by atoms with E-state index in [1.165, 1.54) is 5.56 Å². The minimum absolute atomic E-state index is 0.409. The number of benzene rings is 2. The van der Waals surface area contributed by atoms with Crippen LogP contribution in [0.25, 0.3) is 11.4 Å². The van der Waals surface area contributed by atoms with Crippen LogP contribution in [0.2, 0.25) is 0 Å². The van der Waals surface area contributed by atoms with Crippen molar-refractivity contribution in [1.82, 2.24) is 10.1 Å². The van der Waals surface area contributed by atoms with Gasteiger partial charge in [0, 0.05) is 12.1 Å². The van der Waals surface area contributed by atoms with Gasteiger partial charge in [-0.2, -0.15) is 4.98 Å². The van der Waals surface area contributed by atoms with Gasteiger partial charge in [0.1, 0.15) is 5.75 Å². The first-order valence-corrected chi connectivity index (χ1v) is 7.02. The summed E-state index contributed by atoms with van der Waals surface area (Å²) in [5.41, 5.74) is 3.24. The molecule has 3 aromatic rings. The highest BCUT2D eigenvalue weighted by Gasteiger charge is 2.08. The van der Waals surface area contributed by atoms with Crippen LogP contribution in [0.4, 0.5) is 6.01 Å². The molecule has 1 N–H and O–H groups in total. The lowest BCUT2D eigenvalue weighted by Gasteiger charge is -2.03. The van der Waals surface area contributed by atoms with Gasteiger partial charge in [-0.3, -0.25) is 0 Å². The molecular weight excluding hydrogens is 278 g/mol. The summed E-state index contributed by atoms with van der Waals surface area (Å²) < 4.78 is 10.4. The predicted molar refractivity (Wildman–Crippen MR) is 84.8 cm³/mol. The molecule has 0 saturated heterocycles. The van der Waals surface area contributed by atoms with Crippen LogP contribution in [-0.4, -0.2) is 17.3 Å². The molecule has 1 aromatic heterocycles. The van der Waals surface area contributed by atoms with E-state index in [-0.39, 0.29) is 0 Å². The van der Waals surface area contributed by atoms with Crippen molar-refractivity contribution in [2.45, 2.75) is 13.5 Å². The summed E-state index contributed by atoms with van der Waals surface area (Å²) in [5.74, 6) is 1.42. The molecule has 22 heavy (non-hydrogen) atoms. The molecule has 3 rings (SSSR count). The quantitative estimate of drug-likeness (QED) is 0.778. The first-order chi connectivity index (χ1) is 10.7. The first kappa shape index (κ1) is 14.1. The van der Waals surface area contributed by atoms with Crippen molar-refractivity contribution in [2.75, 3.05) is 12.4 Å². The van der Waals surface area contributed by atoms with E-state index in [0.717, 1.165) is 16.9 Å². The number of ether oxygens (including phenoxy) is 1. The Kier molecular flexibility index (Phi) is 4.05. The van der Waals surface area contributed by atoms with Crippen molar-refractivity contribution in [3.05, 3.63) is 59.7 Å². The second-order valence-corrected chi connectivity index (χ2v) is 4.99. The summed E-state index contributed by atoms with van der Waals surface area (Å²) in [7, 11) is 1.65. The second-order valence-electron chi connectivity index (χ2n) is 4.99. The molecule has 0 unspecified atom stereocenters. The fraction of sp³-hybridized carbons (Fsp3) is 0.176. The van der Waals surface area contributed by atoms with Crippen LogP contribution in [0, 0.1) is 6.92 Å². The smallest absolute Gasteiger partial charge is 0.322 e. The maximum atomic E-state index is 5.22. The lowest BCUT2D eigenvalue weighted by atomic mass is 10.1. The molecule has 0 bridgehead atoms. The molecule has 0 atom stereocenters. The van der Waals surface area contributed by atoms with Crippen molar-refractivity contribution in [1.29, 1.82) is 0 Å². The largest absolute Gasteiger partial charge is 0.497 e. The maximum absolute atomic E-state index is 5.22. The number of hydrogen-bond acceptors (Lipinski definition) is 5. The molecule has 0 aliphatic rings.